The highest BCUT2D eigenvalue weighted by atomic mass is 32.2. The van der Waals surface area contributed by atoms with Crippen molar-refractivity contribution in [2.24, 2.45) is 5.92 Å². The number of carbonyl (C=O) groups is 1. The number of benzene rings is 1. The van der Waals surface area contributed by atoms with Crippen LogP contribution in [0.25, 0.3) is 0 Å². The molecule has 2 saturated carbocycles. The summed E-state index contributed by atoms with van der Waals surface area (Å²) in [5.74, 6) is -7.55. The Kier molecular flexibility index (Phi) is 8.57. The lowest BCUT2D eigenvalue weighted by molar-refractivity contribution is -0.0667. The Morgan fingerprint density at radius 2 is 1.98 bits per heavy atom. The van der Waals surface area contributed by atoms with Crippen LogP contribution in [-0.4, -0.2) is 59.9 Å². The smallest absolute Gasteiger partial charge is 0.355 e. The highest BCUT2D eigenvalue weighted by Gasteiger charge is 2.46. The van der Waals surface area contributed by atoms with E-state index in [2.05, 4.69) is 4.98 Å². The number of aromatic carboxylic acids is 1. The molecule has 7 nitrogen and oxygen atoms in total. The molecule has 5 rings (SSSR count). The highest BCUT2D eigenvalue weighted by Crippen LogP contribution is 2.51. The number of carboxylic acids is 1. The van der Waals surface area contributed by atoms with Crippen LogP contribution >= 0.6 is 23.1 Å². The minimum absolute atomic E-state index is 0.0243. The molecule has 0 bridgehead atoms. The normalized spacial score (nSPS) is 22.7. The Balaban J connectivity index is 1.54. The molecule has 0 amide bonds. The Morgan fingerprint density at radius 3 is 2.61 bits per heavy atom. The molecule has 1 atom stereocenters. The highest BCUT2D eigenvalue weighted by molar-refractivity contribution is 8.00. The van der Waals surface area contributed by atoms with Gasteiger partial charge in [-0.2, -0.15) is 0 Å². The van der Waals surface area contributed by atoms with Crippen LogP contribution in [0.5, 0.6) is 5.75 Å². The van der Waals surface area contributed by atoms with Gasteiger partial charge in [-0.25, -0.2) is 35.8 Å². The number of aromatic nitrogens is 1. The van der Waals surface area contributed by atoms with E-state index in [0.717, 1.165) is 43.9 Å². The number of sulfone groups is 1. The Hall–Kier alpha value is -2.06. The zero-order valence-electron chi connectivity index (χ0n) is 22.5. The standard InChI is InChI=1S/C27H32F4N2O5S3/c1-26(28,29)7-6-16-12-33(17-4-2-3-5-17)19-8-21(40-18-10-27(30,31)11-18)20(9-23(19)41(36,37)14-16)38-13-22-24(25(34)35)32-15-39-22/h8-9,15-18H,2-7,10-14H2,1H3,(H,34,35). The summed E-state index contributed by atoms with van der Waals surface area (Å²) in [5, 5.41) is 9.01. The maximum absolute atomic E-state index is 13.8. The summed E-state index contributed by atoms with van der Waals surface area (Å²) in [6.07, 6.45) is 2.63. The molecule has 3 aliphatic rings. The monoisotopic (exact) mass is 636 g/mol. The molecular weight excluding hydrogens is 604 g/mol. The number of thioether (sulfide) groups is 1. The number of rotatable bonds is 10. The molecule has 2 aromatic rings. The third-order valence-electron chi connectivity index (χ3n) is 7.89. The molecule has 14 heteroatoms. The zero-order valence-corrected chi connectivity index (χ0v) is 24.9. The van der Waals surface area contributed by atoms with E-state index in [1.807, 2.05) is 4.90 Å². The number of alkyl halides is 4. The van der Waals surface area contributed by atoms with E-state index in [9.17, 15) is 35.9 Å². The maximum Gasteiger partial charge on any atom is 0.355 e. The lowest BCUT2D eigenvalue weighted by Crippen LogP contribution is -2.38. The van der Waals surface area contributed by atoms with E-state index in [0.29, 0.717) is 22.0 Å². The molecule has 1 aliphatic heterocycles. The number of hydrogen-bond acceptors (Lipinski definition) is 8. The van der Waals surface area contributed by atoms with Crippen molar-refractivity contribution in [2.75, 3.05) is 17.2 Å². The molecule has 1 aromatic heterocycles. The van der Waals surface area contributed by atoms with Crippen LogP contribution in [-0.2, 0) is 16.4 Å². The lowest BCUT2D eigenvalue weighted by Gasteiger charge is -2.36. The lowest BCUT2D eigenvalue weighted by atomic mass is 9.94. The van der Waals surface area contributed by atoms with Crippen LogP contribution in [0, 0.1) is 5.92 Å². The van der Waals surface area contributed by atoms with E-state index in [-0.39, 0.29) is 54.0 Å². The molecule has 1 aromatic carbocycles. The first-order valence-corrected chi connectivity index (χ1v) is 17.0. The average Bonchev–Trinajstić information content (AvgIpc) is 3.53. The van der Waals surface area contributed by atoms with Gasteiger partial charge >= 0.3 is 5.97 Å². The van der Waals surface area contributed by atoms with Gasteiger partial charge in [-0.3, -0.25) is 0 Å². The van der Waals surface area contributed by atoms with Crippen molar-refractivity contribution in [1.29, 1.82) is 0 Å². The van der Waals surface area contributed by atoms with Crippen molar-refractivity contribution in [3.8, 4) is 5.75 Å². The topological polar surface area (TPSA) is 96.8 Å². The third kappa shape index (κ3) is 7.12. The summed E-state index contributed by atoms with van der Waals surface area (Å²) < 4.78 is 88.4. The van der Waals surface area contributed by atoms with Gasteiger partial charge in [0.25, 0.3) is 0 Å². The second-order valence-electron chi connectivity index (χ2n) is 11.3. The summed E-state index contributed by atoms with van der Waals surface area (Å²) >= 11 is 2.27. The van der Waals surface area contributed by atoms with Gasteiger partial charge in [0.05, 0.1) is 31.6 Å². The summed E-state index contributed by atoms with van der Waals surface area (Å²) in [6, 6.07) is 3.13. The van der Waals surface area contributed by atoms with Gasteiger partial charge in [-0.05, 0) is 38.2 Å². The van der Waals surface area contributed by atoms with E-state index in [1.165, 1.54) is 23.3 Å². The van der Waals surface area contributed by atoms with Gasteiger partial charge in [-0.15, -0.1) is 23.1 Å². The molecule has 0 saturated heterocycles. The molecule has 226 valence electrons. The number of carboxylic acid groups (broad SMARTS) is 1. The van der Waals surface area contributed by atoms with E-state index in [4.69, 9.17) is 4.74 Å². The Morgan fingerprint density at radius 1 is 1.27 bits per heavy atom. The molecule has 2 heterocycles. The third-order valence-corrected chi connectivity index (χ3v) is 11.8. The molecule has 0 radical (unpaired) electrons. The number of hydrogen-bond donors (Lipinski definition) is 1. The van der Waals surface area contributed by atoms with Crippen molar-refractivity contribution in [2.45, 2.75) is 97.8 Å². The molecule has 1 unspecified atom stereocenters. The van der Waals surface area contributed by atoms with Crippen molar-refractivity contribution < 1.29 is 40.6 Å². The Bertz CT molecular complexity index is 1380. The molecule has 0 spiro atoms. The maximum atomic E-state index is 13.8. The quantitative estimate of drug-likeness (QED) is 0.282. The van der Waals surface area contributed by atoms with Gasteiger partial charge in [-0.1, -0.05) is 12.8 Å². The fourth-order valence-corrected chi connectivity index (χ4v) is 9.74. The summed E-state index contributed by atoms with van der Waals surface area (Å²) in [5.41, 5.74) is 1.65. The average molecular weight is 637 g/mol. The minimum atomic E-state index is -3.93. The van der Waals surface area contributed by atoms with Crippen molar-refractivity contribution >= 4 is 44.6 Å². The number of ether oxygens (including phenoxy) is 1. The number of anilines is 1. The number of nitrogens with zero attached hydrogens (tertiary/aromatic N) is 2. The van der Waals surface area contributed by atoms with E-state index in [1.54, 1.807) is 6.07 Å². The molecular formula is C27H32F4N2O5S3. The van der Waals surface area contributed by atoms with Gasteiger partial charge in [0, 0.05) is 43.2 Å². The second kappa shape index (κ2) is 11.6. The molecule has 2 fully saturated rings. The fourth-order valence-electron chi connectivity index (χ4n) is 5.79. The molecule has 41 heavy (non-hydrogen) atoms. The van der Waals surface area contributed by atoms with Gasteiger partial charge in [0.2, 0.25) is 11.8 Å². The zero-order chi connectivity index (χ0) is 29.6. The Labute approximate surface area is 244 Å². The van der Waals surface area contributed by atoms with E-state index >= 15 is 0 Å². The SMILES string of the molecule is CC(F)(F)CCC1CN(C2CCCC2)c2cc(SC3CC(F)(F)C3)c(OCc3scnc3C(=O)O)cc2S(=O)(=O)C1. The molecule has 1 N–H and O–H groups in total. The predicted molar refractivity (Wildman–Crippen MR) is 149 cm³/mol. The fraction of sp³-hybridized carbons (Fsp3) is 0.630. The van der Waals surface area contributed by atoms with Crippen molar-refractivity contribution in [3.05, 3.63) is 28.2 Å². The van der Waals surface area contributed by atoms with Crippen LogP contribution in [0.2, 0.25) is 0 Å². The summed E-state index contributed by atoms with van der Waals surface area (Å²) in [4.78, 5) is 18.2. The van der Waals surface area contributed by atoms with Crippen LogP contribution in [0.1, 0.15) is 73.7 Å². The van der Waals surface area contributed by atoms with Gasteiger partial charge in [0.1, 0.15) is 12.4 Å². The summed E-state index contributed by atoms with van der Waals surface area (Å²) in [6.45, 7) is 0.944. The van der Waals surface area contributed by atoms with Gasteiger partial charge in [0.15, 0.2) is 15.5 Å². The van der Waals surface area contributed by atoms with Crippen molar-refractivity contribution in [3.63, 3.8) is 0 Å². The van der Waals surface area contributed by atoms with Crippen LogP contribution in [0.4, 0.5) is 23.2 Å². The van der Waals surface area contributed by atoms with Crippen LogP contribution < -0.4 is 9.64 Å². The predicted octanol–water partition coefficient (Wildman–Crippen LogP) is 6.90. The largest absolute Gasteiger partial charge is 0.487 e. The minimum Gasteiger partial charge on any atom is -0.487 e. The molecule has 2 aliphatic carbocycles. The number of thiazole rings is 1. The second-order valence-corrected chi connectivity index (χ2v) is 15.6. The van der Waals surface area contributed by atoms with Crippen molar-refractivity contribution in [1.82, 2.24) is 4.98 Å². The van der Waals surface area contributed by atoms with Crippen LogP contribution in [0.3, 0.4) is 0 Å². The first kappa shape index (κ1) is 30.4. The number of halogens is 4. The first-order valence-electron chi connectivity index (χ1n) is 13.6. The summed E-state index contributed by atoms with van der Waals surface area (Å²) in [7, 11) is -3.93. The van der Waals surface area contributed by atoms with E-state index < -0.39 is 45.2 Å². The first-order chi connectivity index (χ1) is 19.2. The number of fused-ring (bicyclic) bond motifs is 1. The van der Waals surface area contributed by atoms with Gasteiger partial charge < -0.3 is 14.7 Å². The van der Waals surface area contributed by atoms with Crippen LogP contribution in [0.15, 0.2) is 27.4 Å².